The Balaban J connectivity index is 1.87. The van der Waals surface area contributed by atoms with Crippen LogP contribution in [0.4, 0.5) is 8.78 Å². The lowest BCUT2D eigenvalue weighted by molar-refractivity contribution is 0.0383. The van der Waals surface area contributed by atoms with Crippen molar-refractivity contribution in [3.63, 3.8) is 0 Å². The van der Waals surface area contributed by atoms with Crippen LogP contribution in [0.15, 0.2) is 29.2 Å². The third-order valence-electron chi connectivity index (χ3n) is 3.50. The first-order chi connectivity index (χ1) is 10.9. The fourth-order valence-corrected chi connectivity index (χ4v) is 2.87. The van der Waals surface area contributed by atoms with Crippen molar-refractivity contribution in [1.82, 2.24) is 10.2 Å². The molecule has 2 rings (SSSR count). The summed E-state index contributed by atoms with van der Waals surface area (Å²) in [5.41, 5.74) is 0.222. The minimum absolute atomic E-state index is 0.222. The summed E-state index contributed by atoms with van der Waals surface area (Å²) in [6.45, 7) is 4.11. The number of halogens is 2. The van der Waals surface area contributed by atoms with Gasteiger partial charge in [0.15, 0.2) is 0 Å². The molecule has 23 heavy (non-hydrogen) atoms. The number of rotatable bonds is 6. The highest BCUT2D eigenvalue weighted by molar-refractivity contribution is 7.91. The molecule has 1 N–H and O–H groups in total. The topological polar surface area (TPSA) is 75.7 Å². The number of carbonyl (C=O) groups excluding carboxylic acids is 1. The van der Waals surface area contributed by atoms with Crippen LogP contribution in [0.25, 0.3) is 0 Å². The fraction of sp³-hybridized carbons (Fsp3) is 0.500. The van der Waals surface area contributed by atoms with Gasteiger partial charge in [0.1, 0.15) is 0 Å². The molecule has 0 aromatic heterocycles. The van der Waals surface area contributed by atoms with Gasteiger partial charge in [0.2, 0.25) is 9.84 Å². The molecule has 1 fully saturated rings. The number of carbonyl (C=O) groups is 1. The zero-order valence-corrected chi connectivity index (χ0v) is 13.2. The second-order valence-corrected chi connectivity index (χ2v) is 6.96. The van der Waals surface area contributed by atoms with Crippen LogP contribution in [0.3, 0.4) is 0 Å². The van der Waals surface area contributed by atoms with Gasteiger partial charge in [-0.1, -0.05) is 0 Å². The van der Waals surface area contributed by atoms with Crippen LogP contribution >= 0.6 is 0 Å². The molecule has 6 nitrogen and oxygen atoms in total. The van der Waals surface area contributed by atoms with Crippen LogP contribution in [0.1, 0.15) is 10.4 Å². The monoisotopic (exact) mass is 348 g/mol. The molecule has 1 heterocycles. The molecule has 128 valence electrons. The smallest absolute Gasteiger partial charge is 0.341 e. The maximum absolute atomic E-state index is 12.4. The van der Waals surface area contributed by atoms with E-state index in [0.29, 0.717) is 26.3 Å². The SMILES string of the molecule is O=C(NCCN1CCOCC1)c1ccc(S(=O)(=O)C(F)F)cc1. The van der Waals surface area contributed by atoms with Crippen molar-refractivity contribution >= 4 is 15.7 Å². The van der Waals surface area contributed by atoms with Gasteiger partial charge in [0.05, 0.1) is 18.1 Å². The molecule has 1 aromatic rings. The molecule has 1 aromatic carbocycles. The highest BCUT2D eigenvalue weighted by atomic mass is 32.2. The summed E-state index contributed by atoms with van der Waals surface area (Å²) >= 11 is 0. The number of benzene rings is 1. The van der Waals surface area contributed by atoms with Gasteiger partial charge in [0.25, 0.3) is 5.91 Å². The molecular weight excluding hydrogens is 330 g/mol. The zero-order chi connectivity index (χ0) is 16.9. The van der Waals surface area contributed by atoms with Crippen LogP contribution in [0.2, 0.25) is 0 Å². The number of hydrogen-bond donors (Lipinski definition) is 1. The molecule has 1 aliphatic heterocycles. The van der Waals surface area contributed by atoms with Crippen molar-refractivity contribution in [3.05, 3.63) is 29.8 Å². The van der Waals surface area contributed by atoms with E-state index in [-0.39, 0.29) is 11.5 Å². The molecule has 1 saturated heterocycles. The number of ether oxygens (including phenoxy) is 1. The molecular formula is C14H18F2N2O4S. The van der Waals surface area contributed by atoms with E-state index in [2.05, 4.69) is 10.2 Å². The number of hydrogen-bond acceptors (Lipinski definition) is 5. The van der Waals surface area contributed by atoms with Crippen molar-refractivity contribution in [2.24, 2.45) is 0 Å². The third kappa shape index (κ3) is 4.69. The van der Waals surface area contributed by atoms with Crippen molar-refractivity contribution < 1.29 is 26.7 Å². The fourth-order valence-electron chi connectivity index (χ4n) is 2.15. The molecule has 0 bridgehead atoms. The van der Waals surface area contributed by atoms with Crippen molar-refractivity contribution in [1.29, 1.82) is 0 Å². The van der Waals surface area contributed by atoms with Crippen LogP contribution in [0, 0.1) is 0 Å². The molecule has 0 unspecified atom stereocenters. The number of sulfone groups is 1. The largest absolute Gasteiger partial charge is 0.379 e. The lowest BCUT2D eigenvalue weighted by Crippen LogP contribution is -2.41. The summed E-state index contributed by atoms with van der Waals surface area (Å²) in [6, 6.07) is 4.47. The first-order valence-corrected chi connectivity index (χ1v) is 8.66. The maximum atomic E-state index is 12.4. The normalized spacial score (nSPS) is 16.5. The van der Waals surface area contributed by atoms with Gasteiger partial charge in [-0.2, -0.15) is 8.78 Å². The van der Waals surface area contributed by atoms with Crippen molar-refractivity contribution in [2.75, 3.05) is 39.4 Å². The van der Waals surface area contributed by atoms with Crippen molar-refractivity contribution in [3.8, 4) is 0 Å². The molecule has 0 aliphatic carbocycles. The van der Waals surface area contributed by atoms with Crippen LogP contribution in [-0.2, 0) is 14.6 Å². The third-order valence-corrected chi connectivity index (χ3v) is 4.90. The Morgan fingerprint density at radius 3 is 2.39 bits per heavy atom. The predicted molar refractivity (Wildman–Crippen MR) is 79.2 cm³/mol. The highest BCUT2D eigenvalue weighted by Gasteiger charge is 2.26. The van der Waals surface area contributed by atoms with E-state index in [0.717, 1.165) is 25.2 Å². The average molecular weight is 348 g/mol. The second-order valence-electron chi connectivity index (χ2n) is 5.04. The quantitative estimate of drug-likeness (QED) is 0.821. The van der Waals surface area contributed by atoms with Gasteiger partial charge in [-0.15, -0.1) is 0 Å². The minimum atomic E-state index is -4.63. The van der Waals surface area contributed by atoms with Gasteiger partial charge in [-0.3, -0.25) is 9.69 Å². The molecule has 0 saturated carbocycles. The Morgan fingerprint density at radius 2 is 1.83 bits per heavy atom. The number of morpholine rings is 1. The number of nitrogens with zero attached hydrogens (tertiary/aromatic N) is 1. The van der Waals surface area contributed by atoms with Gasteiger partial charge in [-0.25, -0.2) is 8.42 Å². The Kier molecular flexibility index (Phi) is 6.03. The summed E-state index contributed by atoms with van der Waals surface area (Å²) in [4.78, 5) is 13.6. The van der Waals surface area contributed by atoms with Crippen molar-refractivity contribution in [2.45, 2.75) is 10.7 Å². The lowest BCUT2D eigenvalue weighted by Gasteiger charge is -2.26. The van der Waals surface area contributed by atoms with Crippen LogP contribution < -0.4 is 5.32 Å². The van der Waals surface area contributed by atoms with E-state index < -0.39 is 20.5 Å². The molecule has 1 amide bonds. The zero-order valence-electron chi connectivity index (χ0n) is 12.4. The summed E-state index contributed by atoms with van der Waals surface area (Å²) in [5.74, 6) is -3.85. The molecule has 0 atom stereocenters. The second kappa shape index (κ2) is 7.80. The Morgan fingerprint density at radius 1 is 1.22 bits per heavy atom. The van der Waals surface area contributed by atoms with Crippen LogP contribution in [-0.4, -0.2) is 64.4 Å². The Labute approximate surface area is 133 Å². The maximum Gasteiger partial charge on any atom is 0.341 e. The lowest BCUT2D eigenvalue weighted by atomic mass is 10.2. The van der Waals surface area contributed by atoms with Crippen LogP contribution in [0.5, 0.6) is 0 Å². The Bertz CT molecular complexity index is 629. The van der Waals surface area contributed by atoms with E-state index in [4.69, 9.17) is 4.74 Å². The molecule has 0 spiro atoms. The molecule has 1 aliphatic rings. The van der Waals surface area contributed by atoms with E-state index in [1.807, 2.05) is 0 Å². The average Bonchev–Trinajstić information content (AvgIpc) is 2.55. The predicted octanol–water partition coefficient (Wildman–Crippen LogP) is 0.745. The van der Waals surface area contributed by atoms with E-state index in [1.165, 1.54) is 12.1 Å². The molecule has 9 heteroatoms. The summed E-state index contributed by atoms with van der Waals surface area (Å²) in [5, 5.41) is 2.71. The van der Waals surface area contributed by atoms with Gasteiger partial charge >= 0.3 is 5.76 Å². The first kappa shape index (κ1) is 17.8. The number of alkyl halides is 2. The summed E-state index contributed by atoms with van der Waals surface area (Å²) in [7, 11) is -4.63. The summed E-state index contributed by atoms with van der Waals surface area (Å²) in [6.07, 6.45) is 0. The minimum Gasteiger partial charge on any atom is -0.379 e. The van der Waals surface area contributed by atoms with E-state index >= 15 is 0 Å². The first-order valence-electron chi connectivity index (χ1n) is 7.11. The Hall–Kier alpha value is -1.58. The number of amides is 1. The van der Waals surface area contributed by atoms with Gasteiger partial charge < -0.3 is 10.1 Å². The summed E-state index contributed by atoms with van der Waals surface area (Å²) < 4.78 is 52.6. The standard InChI is InChI=1S/C14H18F2N2O4S/c15-14(16)23(20,21)12-3-1-11(2-4-12)13(19)17-5-6-18-7-9-22-10-8-18/h1-4,14H,5-10H2,(H,17,19). The number of nitrogens with one attached hydrogen (secondary N) is 1. The van der Waals surface area contributed by atoms with Gasteiger partial charge in [0, 0.05) is 31.7 Å². The van der Waals surface area contributed by atoms with E-state index in [9.17, 15) is 22.0 Å². The van der Waals surface area contributed by atoms with E-state index in [1.54, 1.807) is 0 Å². The highest BCUT2D eigenvalue weighted by Crippen LogP contribution is 2.18. The molecule has 0 radical (unpaired) electrons. The van der Waals surface area contributed by atoms with Gasteiger partial charge in [-0.05, 0) is 24.3 Å².